The summed E-state index contributed by atoms with van der Waals surface area (Å²) < 4.78 is 13.4. The van der Waals surface area contributed by atoms with Crippen molar-refractivity contribution < 1.29 is 14.1 Å². The largest absolute Gasteiger partial charge is 0.365 e. The minimum Gasteiger partial charge on any atom is -0.365 e. The summed E-state index contributed by atoms with van der Waals surface area (Å²) in [5.41, 5.74) is 4.81. The highest BCUT2D eigenvalue weighted by Crippen LogP contribution is 2.27. The number of amides is 1. The molecule has 1 amide bonds. The van der Waals surface area contributed by atoms with E-state index in [-0.39, 0.29) is 5.91 Å². The molecule has 4 aromatic rings. The van der Waals surface area contributed by atoms with Gasteiger partial charge in [0.2, 0.25) is 5.82 Å². The van der Waals surface area contributed by atoms with Crippen LogP contribution in [0.1, 0.15) is 33.6 Å². The van der Waals surface area contributed by atoms with Crippen LogP contribution in [0.3, 0.4) is 0 Å². The fourth-order valence-corrected chi connectivity index (χ4v) is 4.02. The lowest BCUT2D eigenvalue weighted by Crippen LogP contribution is -2.42. The number of aromatic nitrogens is 4. The monoisotopic (exact) mass is 417 g/mol. The number of fused-ring (bicyclic) bond motifs is 1. The van der Waals surface area contributed by atoms with E-state index in [9.17, 15) is 4.79 Å². The van der Waals surface area contributed by atoms with E-state index in [0.29, 0.717) is 42.7 Å². The number of pyridine rings is 1. The quantitative estimate of drug-likeness (QED) is 0.507. The van der Waals surface area contributed by atoms with Gasteiger partial charge in [0, 0.05) is 41.9 Å². The van der Waals surface area contributed by atoms with Crippen LogP contribution in [-0.2, 0) is 11.8 Å². The van der Waals surface area contributed by atoms with Crippen molar-refractivity contribution >= 4 is 16.8 Å². The molecule has 0 saturated carbocycles. The molecule has 1 saturated heterocycles. The van der Waals surface area contributed by atoms with E-state index in [1.54, 1.807) is 11.1 Å². The van der Waals surface area contributed by atoms with Crippen molar-refractivity contribution in [1.29, 1.82) is 0 Å². The Morgan fingerprint density at radius 3 is 2.87 bits per heavy atom. The van der Waals surface area contributed by atoms with Crippen LogP contribution in [0.25, 0.3) is 22.4 Å². The molecule has 158 valence electrons. The van der Waals surface area contributed by atoms with Crippen LogP contribution in [-0.4, -0.2) is 50.2 Å². The lowest BCUT2D eigenvalue weighted by atomic mass is 10.1. The maximum atomic E-state index is 13.2. The van der Waals surface area contributed by atoms with Gasteiger partial charge in [-0.1, -0.05) is 11.2 Å². The summed E-state index contributed by atoms with van der Waals surface area (Å²) in [7, 11) is 2.04. The number of nitrogens with zero attached hydrogens (tertiary/aromatic N) is 5. The van der Waals surface area contributed by atoms with Crippen molar-refractivity contribution in [2.75, 3.05) is 19.7 Å². The molecule has 0 unspecified atom stereocenters. The first-order valence-electron chi connectivity index (χ1n) is 10.2. The maximum absolute atomic E-state index is 13.2. The molecule has 5 rings (SSSR count). The van der Waals surface area contributed by atoms with Crippen molar-refractivity contribution in [3.8, 4) is 11.5 Å². The Kier molecular flexibility index (Phi) is 4.78. The van der Waals surface area contributed by atoms with Gasteiger partial charge in [0.25, 0.3) is 11.8 Å². The second-order valence-corrected chi connectivity index (χ2v) is 7.78. The van der Waals surface area contributed by atoms with Gasteiger partial charge in [0.1, 0.15) is 5.69 Å². The summed E-state index contributed by atoms with van der Waals surface area (Å²) in [6.07, 6.45) is 1.21. The number of aryl methyl sites for hydroxylation is 2. The molecule has 0 N–H and O–H groups in total. The normalized spacial score (nSPS) is 16.7. The van der Waals surface area contributed by atoms with E-state index < -0.39 is 6.10 Å². The van der Waals surface area contributed by atoms with Crippen molar-refractivity contribution in [3.05, 3.63) is 65.3 Å². The van der Waals surface area contributed by atoms with Crippen LogP contribution >= 0.6 is 0 Å². The SMILES string of the molecule is Cc1c(C)n(C)c2ccc(C(=O)N3CCO[C@H](c4nc(-c5ccccn5)no4)C3)cc12. The smallest absolute Gasteiger partial charge is 0.257 e. The lowest BCUT2D eigenvalue weighted by Gasteiger charge is -2.31. The van der Waals surface area contributed by atoms with E-state index >= 15 is 0 Å². The number of carbonyl (C=O) groups excluding carboxylic acids is 1. The molecule has 1 aromatic carbocycles. The van der Waals surface area contributed by atoms with Gasteiger partial charge in [-0.25, -0.2) is 0 Å². The van der Waals surface area contributed by atoms with Crippen LogP contribution in [0, 0.1) is 13.8 Å². The molecular formula is C23H23N5O3. The summed E-state index contributed by atoms with van der Waals surface area (Å²) >= 11 is 0. The second kappa shape index (κ2) is 7.63. The number of morpholine rings is 1. The van der Waals surface area contributed by atoms with Gasteiger partial charge in [-0.15, -0.1) is 0 Å². The third-order valence-electron chi connectivity index (χ3n) is 6.02. The number of hydrogen-bond donors (Lipinski definition) is 0. The van der Waals surface area contributed by atoms with Crippen LogP contribution in [0.5, 0.6) is 0 Å². The molecule has 8 heteroatoms. The second-order valence-electron chi connectivity index (χ2n) is 7.78. The highest BCUT2D eigenvalue weighted by Gasteiger charge is 2.30. The molecule has 0 spiro atoms. The Labute approximate surface area is 179 Å². The summed E-state index contributed by atoms with van der Waals surface area (Å²) in [6.45, 7) is 5.46. The minimum atomic E-state index is -0.466. The first-order valence-corrected chi connectivity index (χ1v) is 10.2. The van der Waals surface area contributed by atoms with Gasteiger partial charge in [-0.3, -0.25) is 9.78 Å². The first kappa shape index (κ1) is 19.4. The molecule has 0 aliphatic carbocycles. The number of hydrogen-bond acceptors (Lipinski definition) is 6. The lowest BCUT2D eigenvalue weighted by molar-refractivity contribution is -0.0367. The van der Waals surface area contributed by atoms with Crippen LogP contribution in [0.2, 0.25) is 0 Å². The molecule has 3 aromatic heterocycles. The number of benzene rings is 1. The predicted molar refractivity (Wildman–Crippen MR) is 115 cm³/mol. The highest BCUT2D eigenvalue weighted by molar-refractivity contribution is 5.99. The summed E-state index contributed by atoms with van der Waals surface area (Å²) in [6, 6.07) is 11.4. The molecule has 4 heterocycles. The molecule has 31 heavy (non-hydrogen) atoms. The van der Waals surface area contributed by atoms with Crippen LogP contribution in [0.15, 0.2) is 47.1 Å². The Bertz CT molecular complexity index is 1260. The fourth-order valence-electron chi connectivity index (χ4n) is 4.02. The van der Waals surface area contributed by atoms with E-state index in [1.807, 2.05) is 43.4 Å². The van der Waals surface area contributed by atoms with Crippen molar-refractivity contribution in [3.63, 3.8) is 0 Å². The predicted octanol–water partition coefficient (Wildman–Crippen LogP) is 3.45. The zero-order valence-corrected chi connectivity index (χ0v) is 17.7. The van der Waals surface area contributed by atoms with Gasteiger partial charge in [-0.05, 0) is 49.7 Å². The van der Waals surface area contributed by atoms with E-state index in [2.05, 4.69) is 33.5 Å². The average molecular weight is 417 g/mol. The molecule has 0 radical (unpaired) electrons. The van der Waals surface area contributed by atoms with E-state index in [1.165, 1.54) is 11.3 Å². The number of carbonyl (C=O) groups is 1. The third-order valence-corrected chi connectivity index (χ3v) is 6.02. The Hall–Kier alpha value is -3.52. The summed E-state index contributed by atoms with van der Waals surface area (Å²) in [5, 5.41) is 5.11. The Morgan fingerprint density at radius 1 is 1.19 bits per heavy atom. The summed E-state index contributed by atoms with van der Waals surface area (Å²) in [5.74, 6) is 0.728. The zero-order chi connectivity index (χ0) is 21.5. The van der Waals surface area contributed by atoms with Gasteiger partial charge < -0.3 is 18.7 Å². The minimum absolute atomic E-state index is 0.0272. The van der Waals surface area contributed by atoms with E-state index in [4.69, 9.17) is 9.26 Å². The highest BCUT2D eigenvalue weighted by atomic mass is 16.5. The Morgan fingerprint density at radius 2 is 2.06 bits per heavy atom. The number of ether oxygens (including phenoxy) is 1. The van der Waals surface area contributed by atoms with Crippen LogP contribution in [0.4, 0.5) is 0 Å². The molecule has 1 aliphatic heterocycles. The van der Waals surface area contributed by atoms with Crippen molar-refractivity contribution in [2.24, 2.45) is 7.05 Å². The molecule has 1 atom stereocenters. The molecule has 1 aliphatic rings. The molecular weight excluding hydrogens is 394 g/mol. The maximum Gasteiger partial charge on any atom is 0.257 e. The zero-order valence-electron chi connectivity index (χ0n) is 17.7. The number of rotatable bonds is 3. The summed E-state index contributed by atoms with van der Waals surface area (Å²) in [4.78, 5) is 23.7. The van der Waals surface area contributed by atoms with Gasteiger partial charge in [0.05, 0.1) is 13.2 Å². The van der Waals surface area contributed by atoms with Gasteiger partial charge >= 0.3 is 0 Å². The van der Waals surface area contributed by atoms with Gasteiger partial charge in [-0.2, -0.15) is 4.98 Å². The van der Waals surface area contributed by atoms with Crippen LogP contribution < -0.4 is 0 Å². The van der Waals surface area contributed by atoms with Crippen molar-refractivity contribution in [2.45, 2.75) is 20.0 Å². The molecule has 0 bridgehead atoms. The van der Waals surface area contributed by atoms with Gasteiger partial charge in [0.15, 0.2) is 6.10 Å². The fraction of sp³-hybridized carbons (Fsp3) is 0.304. The van der Waals surface area contributed by atoms with E-state index in [0.717, 1.165) is 10.9 Å². The van der Waals surface area contributed by atoms with Crippen molar-refractivity contribution in [1.82, 2.24) is 24.6 Å². The topological polar surface area (TPSA) is 86.3 Å². The Balaban J connectivity index is 1.37. The standard InChI is InChI=1S/C23H23N5O3/c1-14-15(2)27(3)19-8-7-16(12-17(14)19)23(29)28-10-11-30-20(13-28)22-25-21(26-31-22)18-6-4-5-9-24-18/h4-9,12,20H,10-11,13H2,1-3H3/t20-/m0/s1. The first-order chi connectivity index (χ1) is 15.0. The average Bonchev–Trinajstić information content (AvgIpc) is 3.40. The molecule has 8 nitrogen and oxygen atoms in total. The molecule has 1 fully saturated rings. The third kappa shape index (κ3) is 3.38.